The summed E-state index contributed by atoms with van der Waals surface area (Å²) in [5, 5.41) is 0. The third kappa shape index (κ3) is 3.92. The molecular weight excluding hydrogens is 259 g/mol. The van der Waals surface area contributed by atoms with Gasteiger partial charge in [0.1, 0.15) is 0 Å². The van der Waals surface area contributed by atoms with Gasteiger partial charge >= 0.3 is 0 Å². The van der Waals surface area contributed by atoms with Gasteiger partial charge in [-0.15, -0.1) is 0 Å². The molecule has 1 fully saturated rings. The van der Waals surface area contributed by atoms with Crippen LogP contribution < -0.4 is 0 Å². The molecule has 0 aliphatic heterocycles. The van der Waals surface area contributed by atoms with Gasteiger partial charge < -0.3 is 0 Å². The van der Waals surface area contributed by atoms with Crippen molar-refractivity contribution in [2.75, 3.05) is 0 Å². The minimum absolute atomic E-state index is 1.04. The predicted molar refractivity (Wildman–Crippen MR) is 63.6 cm³/mol. The molecule has 1 saturated carbocycles. The first-order chi connectivity index (χ1) is 5.83. The van der Waals surface area contributed by atoms with Crippen molar-refractivity contribution in [1.82, 2.24) is 0 Å². The van der Waals surface area contributed by atoms with Crippen molar-refractivity contribution >= 4 is 22.6 Å². The van der Waals surface area contributed by atoms with Crippen molar-refractivity contribution < 1.29 is 0 Å². The van der Waals surface area contributed by atoms with Crippen LogP contribution in [-0.4, -0.2) is 0 Å². The molecule has 0 unspecified atom stereocenters. The van der Waals surface area contributed by atoms with E-state index < -0.39 is 0 Å². The minimum Gasteiger partial charge on any atom is -0.0784 e. The van der Waals surface area contributed by atoms with E-state index in [1.807, 2.05) is 0 Å². The summed E-state index contributed by atoms with van der Waals surface area (Å²) in [6.07, 6.45) is 12.4. The molecule has 0 amide bonds. The summed E-state index contributed by atoms with van der Waals surface area (Å²) in [4.78, 5) is 0. The Morgan fingerprint density at radius 3 is 2.58 bits per heavy atom. The molecule has 0 nitrogen and oxygen atoms in total. The van der Waals surface area contributed by atoms with Crippen molar-refractivity contribution in [2.24, 2.45) is 5.92 Å². The molecule has 0 atom stereocenters. The van der Waals surface area contributed by atoms with Crippen LogP contribution in [0, 0.1) is 5.92 Å². The second-order valence-corrected chi connectivity index (χ2v) is 5.16. The molecule has 0 saturated heterocycles. The average molecular weight is 278 g/mol. The summed E-state index contributed by atoms with van der Waals surface area (Å²) < 4.78 is 1.54. The normalized spacial score (nSPS) is 21.3. The lowest BCUT2D eigenvalue weighted by atomic mass is 9.86. The van der Waals surface area contributed by atoms with Gasteiger partial charge in [0.25, 0.3) is 0 Å². The largest absolute Gasteiger partial charge is 0.0784 e. The van der Waals surface area contributed by atoms with Crippen molar-refractivity contribution in [1.29, 1.82) is 0 Å². The number of allylic oxidation sites excluding steroid dienone is 2. The fraction of sp³-hybridized carbons (Fsp3) is 0.818. The highest BCUT2D eigenvalue weighted by molar-refractivity contribution is 14.1. The Morgan fingerprint density at radius 1 is 1.33 bits per heavy atom. The molecule has 0 radical (unpaired) electrons. The Morgan fingerprint density at radius 2 is 2.00 bits per heavy atom. The maximum absolute atomic E-state index is 2.46. The third-order valence-corrected chi connectivity index (χ3v) is 3.99. The fourth-order valence-electron chi connectivity index (χ4n) is 1.96. The lowest BCUT2D eigenvalue weighted by Gasteiger charge is -2.21. The zero-order valence-corrected chi connectivity index (χ0v) is 10.1. The first-order valence-corrected chi connectivity index (χ1v) is 6.21. The molecule has 1 aliphatic carbocycles. The summed E-state index contributed by atoms with van der Waals surface area (Å²) in [7, 11) is 0. The molecular formula is C11H19I. The first kappa shape index (κ1) is 10.6. The van der Waals surface area contributed by atoms with E-state index in [-0.39, 0.29) is 0 Å². The number of rotatable bonds is 3. The SMILES string of the molecule is C/C=C(\I)CCC1CCCCC1. The molecule has 1 rings (SSSR count). The molecule has 1 heteroatoms. The van der Waals surface area contributed by atoms with Crippen molar-refractivity contribution in [3.8, 4) is 0 Å². The monoisotopic (exact) mass is 278 g/mol. The van der Waals surface area contributed by atoms with Gasteiger partial charge in [0.2, 0.25) is 0 Å². The van der Waals surface area contributed by atoms with Crippen LogP contribution in [0.1, 0.15) is 51.9 Å². The Balaban J connectivity index is 2.13. The zero-order chi connectivity index (χ0) is 8.81. The highest BCUT2D eigenvalue weighted by atomic mass is 127. The summed E-state index contributed by atoms with van der Waals surface area (Å²) in [5.41, 5.74) is 0. The van der Waals surface area contributed by atoms with E-state index in [0.717, 1.165) is 5.92 Å². The Bertz CT molecular complexity index is 143. The Kier molecular flexibility index (Phi) is 5.28. The van der Waals surface area contributed by atoms with Gasteiger partial charge in [0, 0.05) is 0 Å². The molecule has 0 aromatic heterocycles. The van der Waals surface area contributed by atoms with E-state index >= 15 is 0 Å². The molecule has 0 heterocycles. The molecule has 0 aromatic carbocycles. The molecule has 0 aromatic rings. The summed E-state index contributed by atoms with van der Waals surface area (Å²) in [6.45, 7) is 2.14. The highest BCUT2D eigenvalue weighted by Crippen LogP contribution is 2.29. The molecule has 70 valence electrons. The lowest BCUT2D eigenvalue weighted by molar-refractivity contribution is 0.341. The van der Waals surface area contributed by atoms with Gasteiger partial charge in [-0.25, -0.2) is 0 Å². The van der Waals surface area contributed by atoms with Crippen LogP contribution >= 0.6 is 22.6 Å². The Hall–Kier alpha value is 0.470. The quantitative estimate of drug-likeness (QED) is 0.657. The van der Waals surface area contributed by atoms with Gasteiger partial charge in [0.05, 0.1) is 0 Å². The summed E-state index contributed by atoms with van der Waals surface area (Å²) in [5.74, 6) is 1.04. The van der Waals surface area contributed by atoms with Gasteiger partial charge in [-0.1, -0.05) is 38.2 Å². The molecule has 1 aliphatic rings. The number of halogens is 1. The topological polar surface area (TPSA) is 0 Å². The third-order valence-electron chi connectivity index (χ3n) is 2.83. The van der Waals surface area contributed by atoms with Crippen LogP contribution in [0.15, 0.2) is 9.66 Å². The van der Waals surface area contributed by atoms with E-state index in [1.165, 1.54) is 48.5 Å². The van der Waals surface area contributed by atoms with Gasteiger partial charge in [-0.2, -0.15) is 0 Å². The Labute approximate surface area is 90.0 Å². The minimum atomic E-state index is 1.04. The predicted octanol–water partition coefficient (Wildman–Crippen LogP) is 4.69. The fourth-order valence-corrected chi connectivity index (χ4v) is 2.27. The zero-order valence-electron chi connectivity index (χ0n) is 7.98. The first-order valence-electron chi connectivity index (χ1n) is 5.13. The molecule has 12 heavy (non-hydrogen) atoms. The standard InChI is InChI=1S/C11H19I/c1-2-11(12)9-8-10-6-4-3-5-7-10/h2,10H,3-9H2,1H3/b11-2-. The molecule has 0 spiro atoms. The van der Waals surface area contributed by atoms with Crippen LogP contribution in [0.3, 0.4) is 0 Å². The maximum Gasteiger partial charge on any atom is -0.0137 e. The average Bonchev–Trinajstić information content (AvgIpc) is 2.16. The van der Waals surface area contributed by atoms with Gasteiger partial charge in [-0.05, 0) is 51.9 Å². The smallest absolute Gasteiger partial charge is 0.0137 e. The highest BCUT2D eigenvalue weighted by Gasteiger charge is 2.12. The maximum atomic E-state index is 2.46. The van der Waals surface area contributed by atoms with Gasteiger partial charge in [0.15, 0.2) is 0 Å². The van der Waals surface area contributed by atoms with Crippen LogP contribution in [0.2, 0.25) is 0 Å². The number of hydrogen-bond donors (Lipinski definition) is 0. The van der Waals surface area contributed by atoms with Crippen LogP contribution in [0.4, 0.5) is 0 Å². The molecule has 0 bridgehead atoms. The lowest BCUT2D eigenvalue weighted by Crippen LogP contribution is -2.05. The van der Waals surface area contributed by atoms with Crippen LogP contribution in [-0.2, 0) is 0 Å². The second-order valence-electron chi connectivity index (χ2n) is 3.78. The van der Waals surface area contributed by atoms with E-state index in [0.29, 0.717) is 0 Å². The summed E-state index contributed by atoms with van der Waals surface area (Å²) >= 11 is 2.46. The van der Waals surface area contributed by atoms with Crippen LogP contribution in [0.5, 0.6) is 0 Å². The van der Waals surface area contributed by atoms with E-state index in [9.17, 15) is 0 Å². The second kappa shape index (κ2) is 6.01. The molecule has 0 N–H and O–H groups in total. The number of hydrogen-bond acceptors (Lipinski definition) is 0. The van der Waals surface area contributed by atoms with Crippen molar-refractivity contribution in [2.45, 2.75) is 51.9 Å². The van der Waals surface area contributed by atoms with E-state index in [4.69, 9.17) is 0 Å². The van der Waals surface area contributed by atoms with Gasteiger partial charge in [-0.3, -0.25) is 0 Å². The summed E-state index contributed by atoms with van der Waals surface area (Å²) in [6, 6.07) is 0. The van der Waals surface area contributed by atoms with Crippen molar-refractivity contribution in [3.05, 3.63) is 9.66 Å². The van der Waals surface area contributed by atoms with Crippen LogP contribution in [0.25, 0.3) is 0 Å². The van der Waals surface area contributed by atoms with E-state index in [1.54, 1.807) is 0 Å². The van der Waals surface area contributed by atoms with Crippen molar-refractivity contribution in [3.63, 3.8) is 0 Å². The van der Waals surface area contributed by atoms with E-state index in [2.05, 4.69) is 35.6 Å².